The molecule has 4 rings (SSSR count). The number of likely N-dealkylation sites (tertiary alicyclic amines) is 2. The third kappa shape index (κ3) is 3.74. The molecule has 0 saturated carbocycles. The fourth-order valence-corrected chi connectivity index (χ4v) is 3.96. The van der Waals surface area contributed by atoms with Crippen LogP contribution in [0.5, 0.6) is 5.88 Å². The van der Waals surface area contributed by atoms with Gasteiger partial charge in [0.15, 0.2) is 0 Å². The molecule has 2 aromatic rings. The van der Waals surface area contributed by atoms with Crippen molar-refractivity contribution in [2.24, 2.45) is 0 Å². The number of H-pyrrole nitrogens is 1. The van der Waals surface area contributed by atoms with Gasteiger partial charge in [-0.25, -0.2) is 4.98 Å². The number of carbonyl (C=O) groups is 2. The Morgan fingerprint density at radius 3 is 2.79 bits per heavy atom. The number of piperidine rings is 1. The molecule has 1 N–H and O–H groups in total. The second kappa shape index (κ2) is 7.66. The highest BCUT2D eigenvalue weighted by Crippen LogP contribution is 2.33. The maximum atomic E-state index is 12.4. The van der Waals surface area contributed by atoms with Crippen molar-refractivity contribution in [2.45, 2.75) is 38.7 Å². The molecule has 2 aliphatic rings. The van der Waals surface area contributed by atoms with E-state index in [1.54, 1.807) is 18.0 Å². The summed E-state index contributed by atoms with van der Waals surface area (Å²) in [5, 5.41) is 0. The third-order valence-electron chi connectivity index (χ3n) is 5.58. The normalized spacial score (nSPS) is 20.0. The first kappa shape index (κ1) is 18.5. The van der Waals surface area contributed by atoms with Crippen LogP contribution < -0.4 is 4.74 Å². The van der Waals surface area contributed by atoms with Crippen molar-refractivity contribution in [1.29, 1.82) is 0 Å². The molecule has 2 fully saturated rings. The van der Waals surface area contributed by atoms with Crippen LogP contribution in [0.25, 0.3) is 0 Å². The molecule has 2 saturated heterocycles. The zero-order valence-corrected chi connectivity index (χ0v) is 16.4. The third-order valence-corrected chi connectivity index (χ3v) is 5.58. The smallest absolute Gasteiger partial charge is 0.270 e. The van der Waals surface area contributed by atoms with E-state index >= 15 is 0 Å². The molecule has 0 aromatic carbocycles. The number of hydrogen-bond donors (Lipinski definition) is 1. The molecule has 7 heteroatoms. The highest BCUT2D eigenvalue weighted by atomic mass is 16.5. The average molecular weight is 382 g/mol. The second-order valence-corrected chi connectivity index (χ2v) is 7.74. The summed E-state index contributed by atoms with van der Waals surface area (Å²) in [5.74, 6) is 0.981. The van der Waals surface area contributed by atoms with Crippen molar-refractivity contribution in [3.8, 4) is 5.88 Å². The van der Waals surface area contributed by atoms with E-state index in [-0.39, 0.29) is 23.8 Å². The summed E-state index contributed by atoms with van der Waals surface area (Å²) in [7, 11) is 0. The first-order valence-corrected chi connectivity index (χ1v) is 9.82. The molecule has 0 bridgehead atoms. The predicted octanol–water partition coefficient (Wildman–Crippen LogP) is 2.35. The molecular weight excluding hydrogens is 356 g/mol. The van der Waals surface area contributed by atoms with Crippen molar-refractivity contribution in [1.82, 2.24) is 19.8 Å². The summed E-state index contributed by atoms with van der Waals surface area (Å²) in [6, 6.07) is 5.82. The summed E-state index contributed by atoms with van der Waals surface area (Å²) < 4.78 is 6.13. The largest absolute Gasteiger partial charge is 0.470 e. The molecule has 0 unspecified atom stereocenters. The standard InChI is InChI=1S/C21H26N4O3/c1-14-9-19(23-10-14)21(27)25-12-17(13-25)28-20-18(6-3-7-22-20)16-5-4-8-24(11-16)15(2)26/h3,6-7,9-10,16-17,23H,4-5,8,11-13H2,1-2H3/t16-/m0/s1. The van der Waals surface area contributed by atoms with Crippen LogP contribution in [-0.4, -0.2) is 63.9 Å². The molecule has 7 nitrogen and oxygen atoms in total. The number of aryl methyl sites for hydroxylation is 1. The Morgan fingerprint density at radius 1 is 1.25 bits per heavy atom. The number of rotatable bonds is 4. The quantitative estimate of drug-likeness (QED) is 0.880. The van der Waals surface area contributed by atoms with Crippen LogP contribution >= 0.6 is 0 Å². The molecule has 1 atom stereocenters. The van der Waals surface area contributed by atoms with Crippen molar-refractivity contribution >= 4 is 11.8 Å². The van der Waals surface area contributed by atoms with Gasteiger partial charge in [-0.2, -0.15) is 0 Å². The number of carbonyl (C=O) groups excluding carboxylic acids is 2. The van der Waals surface area contributed by atoms with Gasteiger partial charge in [0.1, 0.15) is 11.8 Å². The van der Waals surface area contributed by atoms with Crippen molar-refractivity contribution in [2.75, 3.05) is 26.2 Å². The van der Waals surface area contributed by atoms with E-state index in [1.165, 1.54) is 0 Å². The summed E-state index contributed by atoms with van der Waals surface area (Å²) in [5.41, 5.74) is 2.71. The predicted molar refractivity (Wildman–Crippen MR) is 104 cm³/mol. The Bertz CT molecular complexity index is 872. The molecule has 2 amide bonds. The summed E-state index contributed by atoms with van der Waals surface area (Å²) in [4.78, 5) is 35.3. The maximum absolute atomic E-state index is 12.4. The van der Waals surface area contributed by atoms with E-state index in [9.17, 15) is 9.59 Å². The van der Waals surface area contributed by atoms with Gasteiger partial charge in [-0.05, 0) is 37.5 Å². The van der Waals surface area contributed by atoms with Crippen LogP contribution in [0.1, 0.15) is 47.3 Å². The molecule has 0 aliphatic carbocycles. The Labute approximate surface area is 164 Å². The van der Waals surface area contributed by atoms with Crippen LogP contribution in [0.2, 0.25) is 0 Å². The van der Waals surface area contributed by atoms with E-state index in [4.69, 9.17) is 4.74 Å². The lowest BCUT2D eigenvalue weighted by atomic mass is 9.91. The summed E-state index contributed by atoms with van der Waals surface area (Å²) >= 11 is 0. The topological polar surface area (TPSA) is 78.5 Å². The van der Waals surface area contributed by atoms with Crippen LogP contribution in [0.15, 0.2) is 30.6 Å². The van der Waals surface area contributed by atoms with Gasteiger partial charge in [0.05, 0.1) is 13.1 Å². The highest BCUT2D eigenvalue weighted by Gasteiger charge is 2.35. The second-order valence-electron chi connectivity index (χ2n) is 7.74. The Balaban J connectivity index is 1.39. The average Bonchev–Trinajstić information content (AvgIpc) is 3.10. The number of aromatic nitrogens is 2. The fourth-order valence-electron chi connectivity index (χ4n) is 3.96. The van der Waals surface area contributed by atoms with Crippen molar-refractivity contribution in [3.63, 3.8) is 0 Å². The van der Waals surface area contributed by atoms with Gasteiger partial charge in [0, 0.05) is 43.9 Å². The number of hydrogen-bond acceptors (Lipinski definition) is 4. The number of aromatic amines is 1. The summed E-state index contributed by atoms with van der Waals surface area (Å²) in [6.45, 7) is 6.21. The molecule has 2 aromatic heterocycles. The molecule has 0 spiro atoms. The monoisotopic (exact) mass is 382 g/mol. The van der Waals surface area contributed by atoms with Gasteiger partial charge < -0.3 is 19.5 Å². The first-order chi connectivity index (χ1) is 13.5. The van der Waals surface area contributed by atoms with E-state index in [1.807, 2.05) is 36.2 Å². The van der Waals surface area contributed by atoms with E-state index in [2.05, 4.69) is 9.97 Å². The van der Waals surface area contributed by atoms with Gasteiger partial charge in [-0.3, -0.25) is 9.59 Å². The zero-order chi connectivity index (χ0) is 19.7. The molecule has 148 valence electrons. The molecule has 0 radical (unpaired) electrons. The van der Waals surface area contributed by atoms with Crippen molar-refractivity contribution < 1.29 is 14.3 Å². The van der Waals surface area contributed by atoms with Gasteiger partial charge in [0.25, 0.3) is 5.91 Å². The number of nitrogens with zero attached hydrogens (tertiary/aromatic N) is 3. The Morgan fingerprint density at radius 2 is 2.07 bits per heavy atom. The lowest BCUT2D eigenvalue weighted by Crippen LogP contribution is -2.56. The van der Waals surface area contributed by atoms with Crippen LogP contribution in [0.4, 0.5) is 0 Å². The lowest BCUT2D eigenvalue weighted by Gasteiger charge is -2.39. The van der Waals surface area contributed by atoms with E-state index < -0.39 is 0 Å². The molecular formula is C21H26N4O3. The molecule has 2 aliphatic heterocycles. The lowest BCUT2D eigenvalue weighted by molar-refractivity contribution is -0.130. The van der Waals surface area contributed by atoms with Gasteiger partial charge in [0.2, 0.25) is 11.8 Å². The Hall–Kier alpha value is -2.83. The Kier molecular flexibility index (Phi) is 5.07. The minimum Gasteiger partial charge on any atom is -0.470 e. The van der Waals surface area contributed by atoms with Crippen LogP contribution in [0.3, 0.4) is 0 Å². The number of pyridine rings is 1. The zero-order valence-electron chi connectivity index (χ0n) is 16.4. The highest BCUT2D eigenvalue weighted by molar-refractivity contribution is 5.93. The van der Waals surface area contributed by atoms with E-state index in [0.717, 1.165) is 30.5 Å². The van der Waals surface area contributed by atoms with Gasteiger partial charge in [-0.1, -0.05) is 6.07 Å². The van der Waals surface area contributed by atoms with Crippen LogP contribution in [-0.2, 0) is 4.79 Å². The van der Waals surface area contributed by atoms with Crippen LogP contribution in [0, 0.1) is 6.92 Å². The minimum atomic E-state index is -0.0545. The SMILES string of the molecule is CC(=O)N1CCC[C@H](c2cccnc2OC2CN(C(=O)c3cc(C)c[nH]3)C2)C1. The van der Waals surface area contributed by atoms with Gasteiger partial charge in [-0.15, -0.1) is 0 Å². The number of ether oxygens (including phenoxy) is 1. The minimum absolute atomic E-state index is 0.00132. The summed E-state index contributed by atoms with van der Waals surface area (Å²) in [6.07, 6.45) is 5.51. The number of amides is 2. The fraction of sp³-hybridized carbons (Fsp3) is 0.476. The van der Waals surface area contributed by atoms with Gasteiger partial charge >= 0.3 is 0 Å². The molecule has 28 heavy (non-hydrogen) atoms. The number of nitrogens with one attached hydrogen (secondary N) is 1. The molecule has 4 heterocycles. The van der Waals surface area contributed by atoms with E-state index in [0.29, 0.717) is 31.2 Å². The maximum Gasteiger partial charge on any atom is 0.270 e. The first-order valence-electron chi connectivity index (χ1n) is 9.82. The van der Waals surface area contributed by atoms with Crippen molar-refractivity contribution in [3.05, 3.63) is 47.4 Å².